The summed E-state index contributed by atoms with van der Waals surface area (Å²) in [4.78, 5) is 12.6. The van der Waals surface area contributed by atoms with Crippen LogP contribution in [0.25, 0.3) is 0 Å². The summed E-state index contributed by atoms with van der Waals surface area (Å²) in [5.74, 6) is -1.18. The van der Waals surface area contributed by atoms with Crippen molar-refractivity contribution in [2.75, 3.05) is 11.9 Å². The second-order valence-electron chi connectivity index (χ2n) is 6.96. The standard InChI is InChI=1S/C22H18BrFN2O3S/c23-18-8-9-21(20(24)13-18)25-22(27)16-6-3-7-19(12-16)30(28,29)26-11-10-15-4-1-2-5-17(15)14-26/h1-9,12-13H,10-11,14H2,(H,25,27). The molecule has 0 spiro atoms. The lowest BCUT2D eigenvalue weighted by Gasteiger charge is -2.28. The van der Waals surface area contributed by atoms with E-state index in [9.17, 15) is 17.6 Å². The van der Waals surface area contributed by atoms with Crippen LogP contribution in [0.4, 0.5) is 10.1 Å². The van der Waals surface area contributed by atoms with Crippen LogP contribution in [0.2, 0.25) is 0 Å². The van der Waals surface area contributed by atoms with Crippen molar-refractivity contribution in [3.05, 3.63) is 93.7 Å². The van der Waals surface area contributed by atoms with Gasteiger partial charge in [-0.2, -0.15) is 4.31 Å². The maximum Gasteiger partial charge on any atom is 0.255 e. The molecule has 5 nitrogen and oxygen atoms in total. The number of benzene rings is 3. The fourth-order valence-corrected chi connectivity index (χ4v) is 5.21. The van der Waals surface area contributed by atoms with Crippen molar-refractivity contribution >= 4 is 37.5 Å². The monoisotopic (exact) mass is 488 g/mol. The molecule has 1 aliphatic heterocycles. The smallest absolute Gasteiger partial charge is 0.255 e. The van der Waals surface area contributed by atoms with E-state index in [1.807, 2.05) is 24.3 Å². The van der Waals surface area contributed by atoms with Gasteiger partial charge in [0.15, 0.2) is 0 Å². The van der Waals surface area contributed by atoms with E-state index in [4.69, 9.17) is 0 Å². The molecule has 0 bridgehead atoms. The van der Waals surface area contributed by atoms with Gasteiger partial charge in [-0.1, -0.05) is 46.3 Å². The first-order chi connectivity index (χ1) is 14.3. The van der Waals surface area contributed by atoms with Gasteiger partial charge in [0.05, 0.1) is 10.6 Å². The van der Waals surface area contributed by atoms with E-state index >= 15 is 0 Å². The lowest BCUT2D eigenvalue weighted by atomic mass is 10.0. The van der Waals surface area contributed by atoms with E-state index in [0.717, 1.165) is 11.1 Å². The molecular weight excluding hydrogens is 471 g/mol. The van der Waals surface area contributed by atoms with Gasteiger partial charge >= 0.3 is 0 Å². The third-order valence-electron chi connectivity index (χ3n) is 5.01. The molecule has 1 aliphatic rings. The number of halogens is 2. The van der Waals surface area contributed by atoms with E-state index < -0.39 is 21.7 Å². The number of sulfonamides is 1. The third-order valence-corrected chi connectivity index (χ3v) is 7.34. The van der Waals surface area contributed by atoms with Crippen molar-refractivity contribution < 1.29 is 17.6 Å². The number of amides is 1. The molecule has 1 N–H and O–H groups in total. The van der Waals surface area contributed by atoms with E-state index in [0.29, 0.717) is 24.0 Å². The Balaban J connectivity index is 1.57. The summed E-state index contributed by atoms with van der Waals surface area (Å²) in [7, 11) is -3.77. The highest BCUT2D eigenvalue weighted by Gasteiger charge is 2.28. The second-order valence-corrected chi connectivity index (χ2v) is 9.82. The van der Waals surface area contributed by atoms with Crippen LogP contribution in [0.1, 0.15) is 21.5 Å². The molecule has 0 aliphatic carbocycles. The molecule has 8 heteroatoms. The number of hydrogen-bond acceptors (Lipinski definition) is 3. The van der Waals surface area contributed by atoms with Crippen LogP contribution >= 0.6 is 15.9 Å². The molecule has 0 fully saturated rings. The summed E-state index contributed by atoms with van der Waals surface area (Å²) in [6.45, 7) is 0.666. The minimum Gasteiger partial charge on any atom is -0.319 e. The largest absolute Gasteiger partial charge is 0.319 e. The van der Waals surface area contributed by atoms with Crippen LogP contribution in [0.3, 0.4) is 0 Å². The highest BCUT2D eigenvalue weighted by molar-refractivity contribution is 9.10. The lowest BCUT2D eigenvalue weighted by molar-refractivity contribution is 0.102. The van der Waals surface area contributed by atoms with Gasteiger partial charge in [-0.15, -0.1) is 0 Å². The van der Waals surface area contributed by atoms with Gasteiger partial charge in [-0.05, 0) is 53.9 Å². The summed E-state index contributed by atoms with van der Waals surface area (Å²) in [6, 6.07) is 17.8. The van der Waals surface area contributed by atoms with E-state index in [-0.39, 0.29) is 16.1 Å². The number of rotatable bonds is 4. The predicted molar refractivity (Wildman–Crippen MR) is 116 cm³/mol. The Labute approximate surface area is 182 Å². The summed E-state index contributed by atoms with van der Waals surface area (Å²) >= 11 is 3.16. The first-order valence-electron chi connectivity index (χ1n) is 9.28. The van der Waals surface area contributed by atoms with Gasteiger partial charge in [-0.3, -0.25) is 4.79 Å². The quantitative estimate of drug-likeness (QED) is 0.583. The Kier molecular flexibility index (Phi) is 5.73. The molecule has 0 radical (unpaired) electrons. The Morgan fingerprint density at radius 2 is 1.77 bits per heavy atom. The Morgan fingerprint density at radius 3 is 2.53 bits per heavy atom. The number of nitrogens with zero attached hydrogens (tertiary/aromatic N) is 1. The highest BCUT2D eigenvalue weighted by Crippen LogP contribution is 2.26. The molecular formula is C22H18BrFN2O3S. The average molecular weight is 489 g/mol. The van der Waals surface area contributed by atoms with E-state index in [1.165, 1.54) is 40.7 Å². The summed E-state index contributed by atoms with van der Waals surface area (Å²) < 4.78 is 42.3. The van der Waals surface area contributed by atoms with Gasteiger partial charge in [-0.25, -0.2) is 12.8 Å². The molecule has 4 rings (SSSR count). The van der Waals surface area contributed by atoms with Crippen molar-refractivity contribution in [1.29, 1.82) is 0 Å². The minimum absolute atomic E-state index is 0.0177. The fraction of sp³-hybridized carbons (Fsp3) is 0.136. The zero-order chi connectivity index (χ0) is 21.3. The summed E-state index contributed by atoms with van der Waals surface area (Å²) in [6.07, 6.45) is 0.637. The van der Waals surface area contributed by atoms with Crippen LogP contribution in [0.5, 0.6) is 0 Å². The van der Waals surface area contributed by atoms with Crippen molar-refractivity contribution in [2.24, 2.45) is 0 Å². The van der Waals surface area contributed by atoms with Crippen LogP contribution in [-0.2, 0) is 23.0 Å². The SMILES string of the molecule is O=C(Nc1ccc(Br)cc1F)c1cccc(S(=O)(=O)N2CCc3ccccc3C2)c1. The van der Waals surface area contributed by atoms with Gasteiger partial charge in [0.25, 0.3) is 5.91 Å². The molecule has 3 aromatic carbocycles. The normalized spacial score (nSPS) is 14.2. The van der Waals surface area contributed by atoms with Crippen LogP contribution in [0.15, 0.2) is 76.1 Å². The number of nitrogens with one attached hydrogen (secondary N) is 1. The van der Waals surface area contributed by atoms with Crippen molar-refractivity contribution in [3.8, 4) is 0 Å². The first kappa shape index (κ1) is 20.7. The Hall–Kier alpha value is -2.55. The van der Waals surface area contributed by atoms with Crippen LogP contribution in [0, 0.1) is 5.82 Å². The fourth-order valence-electron chi connectivity index (χ4n) is 3.41. The second kappa shape index (κ2) is 8.29. The molecule has 0 aromatic heterocycles. The molecule has 0 unspecified atom stereocenters. The highest BCUT2D eigenvalue weighted by atomic mass is 79.9. The molecule has 154 valence electrons. The lowest BCUT2D eigenvalue weighted by Crippen LogP contribution is -2.36. The molecule has 30 heavy (non-hydrogen) atoms. The molecule has 0 atom stereocenters. The number of hydrogen-bond donors (Lipinski definition) is 1. The number of fused-ring (bicyclic) bond motifs is 1. The molecule has 0 saturated heterocycles. The minimum atomic E-state index is -3.77. The van der Waals surface area contributed by atoms with Crippen LogP contribution < -0.4 is 5.32 Å². The maximum absolute atomic E-state index is 14.0. The van der Waals surface area contributed by atoms with Crippen molar-refractivity contribution in [2.45, 2.75) is 17.9 Å². The average Bonchev–Trinajstić information content (AvgIpc) is 2.75. The zero-order valence-corrected chi connectivity index (χ0v) is 18.2. The van der Waals surface area contributed by atoms with Crippen molar-refractivity contribution in [1.82, 2.24) is 4.31 Å². The van der Waals surface area contributed by atoms with Crippen molar-refractivity contribution in [3.63, 3.8) is 0 Å². The number of carbonyl (C=O) groups is 1. The molecule has 0 saturated carbocycles. The number of carbonyl (C=O) groups excluding carboxylic acids is 1. The van der Waals surface area contributed by atoms with Crippen LogP contribution in [-0.4, -0.2) is 25.2 Å². The van der Waals surface area contributed by atoms with Gasteiger partial charge in [0, 0.05) is 23.1 Å². The molecule has 3 aromatic rings. The predicted octanol–water partition coefficient (Wildman–Crippen LogP) is 4.59. The Bertz CT molecular complexity index is 1230. The molecule has 1 amide bonds. The summed E-state index contributed by atoms with van der Waals surface area (Å²) in [5.41, 5.74) is 2.28. The Morgan fingerprint density at radius 1 is 1.00 bits per heavy atom. The van der Waals surface area contributed by atoms with E-state index in [1.54, 1.807) is 6.07 Å². The van der Waals surface area contributed by atoms with Gasteiger partial charge in [0.2, 0.25) is 10.0 Å². The van der Waals surface area contributed by atoms with Gasteiger partial charge < -0.3 is 5.32 Å². The molecule has 1 heterocycles. The van der Waals surface area contributed by atoms with Gasteiger partial charge in [0.1, 0.15) is 5.82 Å². The zero-order valence-electron chi connectivity index (χ0n) is 15.8. The summed E-state index contributed by atoms with van der Waals surface area (Å²) in [5, 5.41) is 2.48. The topological polar surface area (TPSA) is 66.5 Å². The number of anilines is 1. The third kappa shape index (κ3) is 4.16. The van der Waals surface area contributed by atoms with E-state index in [2.05, 4.69) is 21.2 Å². The maximum atomic E-state index is 14.0. The first-order valence-corrected chi connectivity index (χ1v) is 11.5.